The minimum absolute atomic E-state index is 0.317. The standard InChI is InChI=1S/C15H8ClF9N4O2/c16-9-5-8(10(30)28-29-3-1-26-2-4-29)6-27-11(9)31-7-12(17,18)13(19,20)14(21,22)15(23,24)25/h1-6H,7H2. The molecular formula is C15H8ClF9N4O2. The largest absolute Gasteiger partial charge is 0.854 e. The van der Waals surface area contributed by atoms with Crippen molar-refractivity contribution in [3.8, 4) is 5.88 Å². The first kappa shape index (κ1) is 24.4. The van der Waals surface area contributed by atoms with Gasteiger partial charge in [0.2, 0.25) is 18.3 Å². The number of rotatable bonds is 7. The summed E-state index contributed by atoms with van der Waals surface area (Å²) in [4.78, 5) is 6.96. The molecule has 0 fully saturated rings. The van der Waals surface area contributed by atoms with Crippen LogP contribution in [0.15, 0.2) is 42.2 Å². The van der Waals surface area contributed by atoms with Gasteiger partial charge < -0.3 is 9.84 Å². The molecule has 0 aromatic carbocycles. The molecule has 0 saturated heterocycles. The molecule has 2 aromatic rings. The van der Waals surface area contributed by atoms with E-state index >= 15 is 0 Å². The van der Waals surface area contributed by atoms with Gasteiger partial charge in [-0.2, -0.15) is 39.5 Å². The maximum Gasteiger partial charge on any atom is 0.460 e. The lowest BCUT2D eigenvalue weighted by Gasteiger charge is -2.33. The lowest BCUT2D eigenvalue weighted by molar-refractivity contribution is -0.682. The summed E-state index contributed by atoms with van der Waals surface area (Å²) in [6.45, 7) is -2.62. The van der Waals surface area contributed by atoms with Gasteiger partial charge in [0.15, 0.2) is 6.61 Å². The molecule has 0 unspecified atom stereocenters. The number of nitrogens with zero attached hydrogens (tertiary/aromatic N) is 4. The predicted octanol–water partition coefficient (Wildman–Crippen LogP) is 2.83. The molecule has 2 heterocycles. The lowest BCUT2D eigenvalue weighted by atomic mass is 10.0. The average molecular weight is 483 g/mol. The number of hydrogen-bond donors (Lipinski definition) is 0. The molecular weight excluding hydrogens is 475 g/mol. The van der Waals surface area contributed by atoms with Crippen LogP contribution in [0.3, 0.4) is 0 Å². The Morgan fingerprint density at radius 1 is 1.03 bits per heavy atom. The van der Waals surface area contributed by atoms with E-state index in [1.54, 1.807) is 0 Å². The van der Waals surface area contributed by atoms with Gasteiger partial charge in [0.1, 0.15) is 5.02 Å². The van der Waals surface area contributed by atoms with Crippen LogP contribution in [0.5, 0.6) is 5.88 Å². The molecule has 6 nitrogen and oxygen atoms in total. The zero-order valence-electron chi connectivity index (χ0n) is 14.6. The number of hydrogen-bond acceptors (Lipinski definition) is 5. The van der Waals surface area contributed by atoms with Crippen molar-refractivity contribution >= 4 is 17.5 Å². The second-order valence-electron chi connectivity index (χ2n) is 5.68. The fourth-order valence-corrected chi connectivity index (χ4v) is 2.07. The number of alkyl halides is 9. The van der Waals surface area contributed by atoms with E-state index < -0.39 is 47.4 Å². The van der Waals surface area contributed by atoms with Crippen molar-refractivity contribution in [2.45, 2.75) is 23.9 Å². The Morgan fingerprint density at radius 2 is 1.61 bits per heavy atom. The van der Waals surface area contributed by atoms with Gasteiger partial charge in [0, 0.05) is 11.8 Å². The van der Waals surface area contributed by atoms with E-state index in [0.29, 0.717) is 6.20 Å². The molecule has 16 heteroatoms. The molecule has 0 aliphatic rings. The second-order valence-corrected chi connectivity index (χ2v) is 6.09. The van der Waals surface area contributed by atoms with Crippen LogP contribution in [-0.4, -0.2) is 46.4 Å². The average Bonchev–Trinajstić information content (AvgIpc) is 2.66. The second kappa shape index (κ2) is 8.36. The summed E-state index contributed by atoms with van der Waals surface area (Å²) in [6, 6.07) is 0.776. The zero-order valence-corrected chi connectivity index (χ0v) is 15.3. The molecule has 0 bridgehead atoms. The van der Waals surface area contributed by atoms with E-state index in [1.807, 2.05) is 0 Å². The normalized spacial score (nSPS) is 13.9. The van der Waals surface area contributed by atoms with Gasteiger partial charge >= 0.3 is 23.9 Å². The van der Waals surface area contributed by atoms with Gasteiger partial charge in [-0.15, -0.1) is 0 Å². The predicted molar refractivity (Wildman–Crippen MR) is 82.0 cm³/mol. The Labute approximate surface area is 171 Å². The number of halogens is 10. The van der Waals surface area contributed by atoms with Crippen molar-refractivity contribution < 1.29 is 54.0 Å². The van der Waals surface area contributed by atoms with E-state index in [9.17, 15) is 44.6 Å². The smallest absolute Gasteiger partial charge is 0.460 e. The van der Waals surface area contributed by atoms with Crippen LogP contribution < -0.4 is 14.5 Å². The summed E-state index contributed by atoms with van der Waals surface area (Å²) in [5, 5.41) is 14.8. The van der Waals surface area contributed by atoms with Crippen molar-refractivity contribution in [1.82, 2.24) is 9.97 Å². The third-order valence-corrected chi connectivity index (χ3v) is 3.74. The Bertz CT molecular complexity index is 955. The van der Waals surface area contributed by atoms with Crippen molar-refractivity contribution in [2.24, 2.45) is 5.10 Å². The Balaban J connectivity index is 2.20. The van der Waals surface area contributed by atoms with Crippen molar-refractivity contribution in [1.29, 1.82) is 0 Å². The molecule has 0 atom stereocenters. The summed E-state index contributed by atoms with van der Waals surface area (Å²) in [5.41, 5.74) is -0.317. The van der Waals surface area contributed by atoms with Gasteiger partial charge in [-0.1, -0.05) is 16.3 Å². The highest BCUT2D eigenvalue weighted by atomic mass is 35.5. The first-order valence-corrected chi connectivity index (χ1v) is 8.04. The highest BCUT2D eigenvalue weighted by Gasteiger charge is 2.81. The number of pyridine rings is 1. The molecule has 0 amide bonds. The van der Waals surface area contributed by atoms with E-state index in [4.69, 9.17) is 11.6 Å². The van der Waals surface area contributed by atoms with E-state index in [1.165, 1.54) is 24.8 Å². The Hall–Kier alpha value is -2.84. The zero-order chi connectivity index (χ0) is 23.7. The molecule has 2 rings (SSSR count). The van der Waals surface area contributed by atoms with Gasteiger partial charge in [0.25, 0.3) is 0 Å². The Morgan fingerprint density at radius 3 is 2.13 bits per heavy atom. The fraction of sp³-hybridized carbons (Fsp3) is 0.333. The Kier molecular flexibility index (Phi) is 6.59. The maximum absolute atomic E-state index is 13.5. The van der Waals surface area contributed by atoms with Crippen LogP contribution >= 0.6 is 11.6 Å². The van der Waals surface area contributed by atoms with Gasteiger partial charge in [-0.05, 0) is 11.2 Å². The first-order chi connectivity index (χ1) is 14.1. The number of ether oxygens (including phenoxy) is 1. The molecule has 0 aliphatic carbocycles. The SMILES string of the molecule is [O-]C(=N[n+]1ccncc1)c1cnc(OCC(F)(F)C(F)(F)C(F)(F)C(F)(F)F)c(Cl)c1. The van der Waals surface area contributed by atoms with Crippen LogP contribution in [0.25, 0.3) is 0 Å². The quantitative estimate of drug-likeness (QED) is 0.263. The highest BCUT2D eigenvalue weighted by molar-refractivity contribution is 6.32. The van der Waals surface area contributed by atoms with Crippen molar-refractivity contribution in [3.63, 3.8) is 0 Å². The molecule has 0 saturated carbocycles. The number of aromatic nitrogens is 3. The van der Waals surface area contributed by atoms with E-state index in [0.717, 1.165) is 10.7 Å². The summed E-state index contributed by atoms with van der Waals surface area (Å²) >= 11 is 5.62. The van der Waals surface area contributed by atoms with E-state index in [2.05, 4.69) is 19.8 Å². The topological polar surface area (TPSA) is 74.3 Å². The summed E-state index contributed by atoms with van der Waals surface area (Å²) in [6.07, 6.45) is -1.13. The summed E-state index contributed by atoms with van der Waals surface area (Å²) in [5.74, 6) is -21.8. The molecule has 0 spiro atoms. The molecule has 2 aromatic heterocycles. The van der Waals surface area contributed by atoms with Crippen LogP contribution in [0, 0.1) is 0 Å². The van der Waals surface area contributed by atoms with Crippen LogP contribution in [0.2, 0.25) is 5.02 Å². The molecule has 170 valence electrons. The minimum Gasteiger partial charge on any atom is -0.854 e. The van der Waals surface area contributed by atoms with Crippen molar-refractivity contribution in [2.75, 3.05) is 6.61 Å². The van der Waals surface area contributed by atoms with Gasteiger partial charge in [-0.25, -0.2) is 4.98 Å². The monoisotopic (exact) mass is 482 g/mol. The summed E-state index contributed by atoms with van der Waals surface area (Å²) in [7, 11) is 0. The van der Waals surface area contributed by atoms with Gasteiger partial charge in [-0.3, -0.25) is 4.98 Å². The van der Waals surface area contributed by atoms with E-state index in [-0.39, 0.29) is 5.56 Å². The molecule has 0 radical (unpaired) electrons. The summed E-state index contributed by atoms with van der Waals surface area (Å²) < 4.78 is 121. The third-order valence-electron chi connectivity index (χ3n) is 3.47. The minimum atomic E-state index is -7.05. The molecule has 31 heavy (non-hydrogen) atoms. The highest BCUT2D eigenvalue weighted by Crippen LogP contribution is 2.53. The van der Waals surface area contributed by atoms with Crippen molar-refractivity contribution in [3.05, 3.63) is 47.6 Å². The van der Waals surface area contributed by atoms with Crippen LogP contribution in [-0.2, 0) is 0 Å². The fourth-order valence-electron chi connectivity index (χ4n) is 1.85. The molecule has 0 aliphatic heterocycles. The van der Waals surface area contributed by atoms with Crippen LogP contribution in [0.4, 0.5) is 39.5 Å². The van der Waals surface area contributed by atoms with Gasteiger partial charge in [0.05, 0.1) is 18.3 Å². The van der Waals surface area contributed by atoms with Crippen LogP contribution in [0.1, 0.15) is 5.56 Å². The maximum atomic E-state index is 13.5. The third kappa shape index (κ3) is 4.91. The lowest BCUT2D eigenvalue weighted by Crippen LogP contribution is -2.62. The molecule has 0 N–H and O–H groups in total. The first-order valence-electron chi connectivity index (χ1n) is 7.66.